The second-order valence-electron chi connectivity index (χ2n) is 5.84. The van der Waals surface area contributed by atoms with E-state index in [4.69, 9.17) is 4.74 Å². The zero-order chi connectivity index (χ0) is 18.0. The normalized spacial score (nSPS) is 17.0. The number of aryl methyl sites for hydroxylation is 1. The van der Waals surface area contributed by atoms with Crippen molar-refractivity contribution in [2.45, 2.75) is 38.0 Å². The summed E-state index contributed by atoms with van der Waals surface area (Å²) in [5, 5.41) is 6.84. The highest BCUT2D eigenvalue weighted by molar-refractivity contribution is 5.92. The Morgan fingerprint density at radius 3 is 2.96 bits per heavy atom. The summed E-state index contributed by atoms with van der Waals surface area (Å²) in [6, 6.07) is 4.38. The summed E-state index contributed by atoms with van der Waals surface area (Å²) in [7, 11) is 1.45. The first-order valence-corrected chi connectivity index (χ1v) is 7.80. The summed E-state index contributed by atoms with van der Waals surface area (Å²) >= 11 is 0. The number of halogens is 3. The van der Waals surface area contributed by atoms with Crippen LogP contribution in [0.25, 0.3) is 0 Å². The van der Waals surface area contributed by atoms with Gasteiger partial charge in [-0.15, -0.1) is 0 Å². The lowest BCUT2D eigenvalue weighted by molar-refractivity contribution is -0.142. The summed E-state index contributed by atoms with van der Waals surface area (Å²) in [6.45, 7) is -1.14. The number of aromatic nitrogens is 3. The van der Waals surface area contributed by atoms with Gasteiger partial charge in [0.2, 0.25) is 5.88 Å². The van der Waals surface area contributed by atoms with Gasteiger partial charge in [0.25, 0.3) is 5.91 Å². The van der Waals surface area contributed by atoms with Gasteiger partial charge in [0.1, 0.15) is 12.2 Å². The number of nitrogens with zero attached hydrogens (tertiary/aromatic N) is 3. The highest BCUT2D eigenvalue weighted by atomic mass is 19.4. The molecule has 2 heterocycles. The molecule has 0 unspecified atom stereocenters. The van der Waals surface area contributed by atoms with Gasteiger partial charge in [-0.1, -0.05) is 6.07 Å². The molecular formula is C16H17F3N4O2. The van der Waals surface area contributed by atoms with Crippen LogP contribution in [0.3, 0.4) is 0 Å². The van der Waals surface area contributed by atoms with E-state index in [9.17, 15) is 18.0 Å². The maximum Gasteiger partial charge on any atom is 0.408 e. The van der Waals surface area contributed by atoms with E-state index in [2.05, 4.69) is 15.4 Å². The molecule has 0 bridgehead atoms. The van der Waals surface area contributed by atoms with Crippen LogP contribution in [0.1, 0.15) is 40.6 Å². The van der Waals surface area contributed by atoms with Crippen molar-refractivity contribution in [2.75, 3.05) is 7.11 Å². The highest BCUT2D eigenvalue weighted by Crippen LogP contribution is 2.29. The number of pyridine rings is 1. The predicted octanol–water partition coefficient (Wildman–Crippen LogP) is 2.66. The quantitative estimate of drug-likeness (QED) is 0.917. The lowest BCUT2D eigenvalue weighted by Crippen LogP contribution is -2.31. The van der Waals surface area contributed by atoms with Crippen LogP contribution in [0.15, 0.2) is 24.4 Å². The molecule has 3 rings (SSSR count). The summed E-state index contributed by atoms with van der Waals surface area (Å²) in [5.74, 6) is -0.103. The largest absolute Gasteiger partial charge is 0.481 e. The van der Waals surface area contributed by atoms with Crippen molar-refractivity contribution >= 4 is 5.91 Å². The van der Waals surface area contributed by atoms with Crippen molar-refractivity contribution in [3.8, 4) is 5.88 Å². The van der Waals surface area contributed by atoms with Crippen molar-refractivity contribution in [1.82, 2.24) is 20.1 Å². The Kier molecular flexibility index (Phi) is 4.65. The number of hydrogen-bond donors (Lipinski definition) is 1. The third-order valence-electron chi connectivity index (χ3n) is 3.95. The number of amides is 1. The standard InChI is InChI=1S/C16H17F3N4O2/c1-25-13-7-3-6-12(20-13)15(24)21-11-5-2-4-10-8-23(22-14(10)11)9-16(17,18)19/h3,6-8,11H,2,4-5,9H2,1H3,(H,21,24)/t11-/m0/s1. The molecule has 134 valence electrons. The molecule has 2 aromatic rings. The number of rotatable bonds is 4. The van der Waals surface area contributed by atoms with Gasteiger partial charge in [0.15, 0.2) is 0 Å². The molecular weight excluding hydrogens is 337 g/mol. The fourth-order valence-corrected chi connectivity index (χ4v) is 2.89. The van der Waals surface area contributed by atoms with Crippen LogP contribution in [-0.2, 0) is 13.0 Å². The summed E-state index contributed by atoms with van der Waals surface area (Å²) in [6.07, 6.45) is -0.896. The van der Waals surface area contributed by atoms with E-state index >= 15 is 0 Å². The van der Waals surface area contributed by atoms with Crippen LogP contribution in [0, 0.1) is 0 Å². The number of ether oxygens (including phenoxy) is 1. The monoisotopic (exact) mass is 354 g/mol. The summed E-state index contributed by atoms with van der Waals surface area (Å²) in [5.41, 5.74) is 1.41. The van der Waals surface area contributed by atoms with Crippen molar-refractivity contribution in [2.24, 2.45) is 0 Å². The molecule has 0 aromatic carbocycles. The maximum absolute atomic E-state index is 12.6. The topological polar surface area (TPSA) is 69.0 Å². The lowest BCUT2D eigenvalue weighted by atomic mass is 9.93. The SMILES string of the molecule is COc1cccc(C(=O)N[C@H]2CCCc3cn(CC(F)(F)F)nc32)n1. The molecule has 0 aliphatic heterocycles. The minimum Gasteiger partial charge on any atom is -0.481 e. The minimum atomic E-state index is -4.34. The number of carbonyl (C=O) groups excluding carboxylic acids is 1. The van der Waals surface area contributed by atoms with E-state index in [1.54, 1.807) is 18.2 Å². The van der Waals surface area contributed by atoms with Gasteiger partial charge in [0, 0.05) is 12.3 Å². The fraction of sp³-hybridized carbons (Fsp3) is 0.438. The van der Waals surface area contributed by atoms with Crippen LogP contribution in [0.5, 0.6) is 5.88 Å². The molecule has 25 heavy (non-hydrogen) atoms. The Labute approximate surface area is 142 Å². The second-order valence-corrected chi connectivity index (χ2v) is 5.84. The van der Waals surface area contributed by atoms with Crippen LogP contribution >= 0.6 is 0 Å². The molecule has 0 saturated heterocycles. The first-order valence-electron chi connectivity index (χ1n) is 7.80. The van der Waals surface area contributed by atoms with E-state index < -0.39 is 24.7 Å². The first kappa shape index (κ1) is 17.2. The molecule has 0 saturated carbocycles. The van der Waals surface area contributed by atoms with Crippen LogP contribution < -0.4 is 10.1 Å². The first-order chi connectivity index (χ1) is 11.9. The smallest absolute Gasteiger partial charge is 0.408 e. The minimum absolute atomic E-state index is 0.182. The molecule has 6 nitrogen and oxygen atoms in total. The molecule has 1 atom stereocenters. The Balaban J connectivity index is 1.77. The summed E-state index contributed by atoms with van der Waals surface area (Å²) in [4.78, 5) is 16.4. The molecule has 0 fully saturated rings. The number of nitrogens with one attached hydrogen (secondary N) is 1. The van der Waals surface area contributed by atoms with Gasteiger partial charge in [-0.2, -0.15) is 18.3 Å². The maximum atomic E-state index is 12.6. The van der Waals surface area contributed by atoms with Gasteiger partial charge in [-0.3, -0.25) is 9.48 Å². The van der Waals surface area contributed by atoms with Gasteiger partial charge in [-0.25, -0.2) is 4.98 Å². The summed E-state index contributed by atoms with van der Waals surface area (Å²) < 4.78 is 43.5. The van der Waals surface area contributed by atoms with Gasteiger partial charge in [0.05, 0.1) is 18.8 Å². The fourth-order valence-electron chi connectivity index (χ4n) is 2.89. The molecule has 1 N–H and O–H groups in total. The Morgan fingerprint density at radius 1 is 1.44 bits per heavy atom. The number of hydrogen-bond acceptors (Lipinski definition) is 4. The molecule has 1 aliphatic rings. The van der Waals surface area contributed by atoms with Crippen molar-refractivity contribution < 1.29 is 22.7 Å². The molecule has 1 amide bonds. The third kappa shape index (κ3) is 4.09. The molecule has 2 aromatic heterocycles. The van der Waals surface area contributed by atoms with Crippen LogP contribution in [0.4, 0.5) is 13.2 Å². The van der Waals surface area contributed by atoms with E-state index in [-0.39, 0.29) is 5.69 Å². The van der Waals surface area contributed by atoms with Crippen molar-refractivity contribution in [3.05, 3.63) is 41.3 Å². The Bertz CT molecular complexity index is 773. The number of carbonyl (C=O) groups is 1. The molecule has 0 spiro atoms. The van der Waals surface area contributed by atoms with Crippen LogP contribution in [-0.4, -0.2) is 34.0 Å². The average molecular weight is 354 g/mol. The van der Waals surface area contributed by atoms with E-state index in [1.165, 1.54) is 13.3 Å². The predicted molar refractivity (Wildman–Crippen MR) is 82.2 cm³/mol. The van der Waals surface area contributed by atoms with Gasteiger partial charge < -0.3 is 10.1 Å². The number of methoxy groups -OCH3 is 1. The second kappa shape index (κ2) is 6.73. The van der Waals surface area contributed by atoms with Crippen molar-refractivity contribution in [3.63, 3.8) is 0 Å². The number of alkyl halides is 3. The zero-order valence-corrected chi connectivity index (χ0v) is 13.5. The molecule has 1 aliphatic carbocycles. The van der Waals surface area contributed by atoms with E-state index in [0.29, 0.717) is 24.4 Å². The van der Waals surface area contributed by atoms with Crippen molar-refractivity contribution in [1.29, 1.82) is 0 Å². The molecule has 0 radical (unpaired) electrons. The molecule has 9 heteroatoms. The van der Waals surface area contributed by atoms with E-state index in [0.717, 1.165) is 16.7 Å². The van der Waals surface area contributed by atoms with E-state index in [1.807, 2.05) is 0 Å². The zero-order valence-electron chi connectivity index (χ0n) is 13.5. The van der Waals surface area contributed by atoms with Gasteiger partial charge in [-0.05, 0) is 30.9 Å². The number of fused-ring (bicyclic) bond motifs is 1. The Morgan fingerprint density at radius 2 is 2.24 bits per heavy atom. The highest BCUT2D eigenvalue weighted by Gasteiger charge is 2.31. The third-order valence-corrected chi connectivity index (χ3v) is 3.95. The van der Waals surface area contributed by atoms with Crippen LogP contribution in [0.2, 0.25) is 0 Å². The lowest BCUT2D eigenvalue weighted by Gasteiger charge is -2.22. The van der Waals surface area contributed by atoms with Gasteiger partial charge >= 0.3 is 6.18 Å². The Hall–Kier alpha value is -2.58. The average Bonchev–Trinajstić information content (AvgIpc) is 2.96.